The summed E-state index contributed by atoms with van der Waals surface area (Å²) in [5.41, 5.74) is 9.15. The second-order valence-electron chi connectivity index (χ2n) is 4.92. The Kier molecular flexibility index (Phi) is 2.75. The van der Waals surface area contributed by atoms with E-state index in [9.17, 15) is 0 Å². The van der Waals surface area contributed by atoms with Crippen LogP contribution in [0.5, 0.6) is 0 Å². The lowest BCUT2D eigenvalue weighted by Crippen LogP contribution is -1.97. The van der Waals surface area contributed by atoms with Gasteiger partial charge in [0.2, 0.25) is 5.89 Å². The zero-order valence-corrected chi connectivity index (χ0v) is 12.7. The van der Waals surface area contributed by atoms with Crippen molar-refractivity contribution >= 4 is 43.6 Å². The van der Waals surface area contributed by atoms with E-state index in [-0.39, 0.29) is 0 Å². The van der Waals surface area contributed by atoms with Gasteiger partial charge in [-0.1, -0.05) is 28.1 Å². The predicted octanol–water partition coefficient (Wildman–Crippen LogP) is 4.18. The third-order valence-electron chi connectivity index (χ3n) is 3.56. The van der Waals surface area contributed by atoms with E-state index in [0.29, 0.717) is 18.1 Å². The smallest absolute Gasteiger partial charge is 0.215 e. The first-order chi connectivity index (χ1) is 10.2. The van der Waals surface area contributed by atoms with Gasteiger partial charge in [-0.05, 0) is 30.3 Å². The first kappa shape index (κ1) is 12.5. The molecular weight excluding hydrogens is 330 g/mol. The quantitative estimate of drug-likeness (QED) is 0.556. The average Bonchev–Trinajstić information content (AvgIpc) is 3.06. The SMILES string of the molecule is Nc1cccc2oc(Cn3ccc4c(Br)cccc43)nc12. The summed E-state index contributed by atoms with van der Waals surface area (Å²) >= 11 is 3.56. The van der Waals surface area contributed by atoms with Gasteiger partial charge in [-0.15, -0.1) is 0 Å². The molecule has 2 aromatic heterocycles. The maximum Gasteiger partial charge on any atom is 0.215 e. The van der Waals surface area contributed by atoms with E-state index in [2.05, 4.69) is 37.6 Å². The Morgan fingerprint density at radius 1 is 1.14 bits per heavy atom. The molecule has 21 heavy (non-hydrogen) atoms. The molecule has 0 aliphatic rings. The molecule has 2 aromatic carbocycles. The third-order valence-corrected chi connectivity index (χ3v) is 4.25. The van der Waals surface area contributed by atoms with E-state index < -0.39 is 0 Å². The van der Waals surface area contributed by atoms with Crippen LogP contribution in [0.15, 0.2) is 57.6 Å². The normalized spacial score (nSPS) is 11.5. The van der Waals surface area contributed by atoms with Gasteiger partial charge in [0, 0.05) is 21.6 Å². The van der Waals surface area contributed by atoms with Crippen LogP contribution in [0, 0.1) is 0 Å². The minimum atomic E-state index is 0.577. The Morgan fingerprint density at radius 2 is 2.00 bits per heavy atom. The van der Waals surface area contributed by atoms with Crippen molar-refractivity contribution < 1.29 is 4.42 Å². The molecule has 2 heterocycles. The minimum Gasteiger partial charge on any atom is -0.439 e. The molecule has 0 aliphatic carbocycles. The third kappa shape index (κ3) is 2.01. The van der Waals surface area contributed by atoms with Gasteiger partial charge < -0.3 is 14.7 Å². The number of hydrogen-bond acceptors (Lipinski definition) is 3. The number of aromatic nitrogens is 2. The van der Waals surface area contributed by atoms with Crippen molar-refractivity contribution in [2.75, 3.05) is 5.73 Å². The predicted molar refractivity (Wildman–Crippen MR) is 87.2 cm³/mol. The molecule has 0 amide bonds. The van der Waals surface area contributed by atoms with Crippen molar-refractivity contribution in [3.05, 3.63) is 59.0 Å². The highest BCUT2D eigenvalue weighted by atomic mass is 79.9. The number of fused-ring (bicyclic) bond motifs is 2. The number of rotatable bonds is 2. The van der Waals surface area contributed by atoms with Crippen molar-refractivity contribution in [2.45, 2.75) is 6.54 Å². The van der Waals surface area contributed by atoms with Crippen LogP contribution < -0.4 is 5.73 Å². The molecule has 0 saturated heterocycles. The topological polar surface area (TPSA) is 57.0 Å². The number of nitrogens with zero attached hydrogens (tertiary/aromatic N) is 2. The molecule has 0 spiro atoms. The summed E-state index contributed by atoms with van der Waals surface area (Å²) in [4.78, 5) is 4.49. The van der Waals surface area contributed by atoms with Crippen LogP contribution in [0.3, 0.4) is 0 Å². The van der Waals surface area contributed by atoms with E-state index in [1.165, 1.54) is 5.39 Å². The Hall–Kier alpha value is -2.27. The van der Waals surface area contributed by atoms with E-state index in [0.717, 1.165) is 21.1 Å². The fraction of sp³-hybridized carbons (Fsp3) is 0.0625. The maximum absolute atomic E-state index is 5.92. The van der Waals surface area contributed by atoms with E-state index in [1.54, 1.807) is 0 Å². The number of benzene rings is 2. The van der Waals surface area contributed by atoms with Crippen LogP contribution in [0.1, 0.15) is 5.89 Å². The first-order valence-electron chi connectivity index (χ1n) is 6.59. The lowest BCUT2D eigenvalue weighted by molar-refractivity contribution is 0.513. The van der Waals surface area contributed by atoms with Gasteiger partial charge in [0.25, 0.3) is 0 Å². The van der Waals surface area contributed by atoms with Gasteiger partial charge in [0.1, 0.15) is 5.52 Å². The summed E-state index contributed by atoms with van der Waals surface area (Å²) in [6.45, 7) is 0.577. The first-order valence-corrected chi connectivity index (χ1v) is 7.39. The summed E-state index contributed by atoms with van der Waals surface area (Å²) in [5.74, 6) is 0.653. The van der Waals surface area contributed by atoms with Gasteiger partial charge in [-0.3, -0.25) is 0 Å². The minimum absolute atomic E-state index is 0.577. The van der Waals surface area contributed by atoms with Crippen molar-refractivity contribution in [1.29, 1.82) is 0 Å². The summed E-state index contributed by atoms with van der Waals surface area (Å²) < 4.78 is 8.97. The van der Waals surface area contributed by atoms with Gasteiger partial charge >= 0.3 is 0 Å². The average molecular weight is 342 g/mol. The summed E-state index contributed by atoms with van der Waals surface area (Å²) in [5, 5.41) is 1.17. The van der Waals surface area contributed by atoms with E-state index in [4.69, 9.17) is 10.2 Å². The number of hydrogen-bond donors (Lipinski definition) is 1. The molecule has 0 radical (unpaired) electrons. The standard InChI is InChI=1S/C16H12BrN3O/c17-11-3-1-5-13-10(11)7-8-20(13)9-15-19-16-12(18)4-2-6-14(16)21-15/h1-8H,9,18H2. The molecule has 2 N–H and O–H groups in total. The van der Waals surface area contributed by atoms with Crippen LogP contribution in [0.2, 0.25) is 0 Å². The highest BCUT2D eigenvalue weighted by Gasteiger charge is 2.10. The van der Waals surface area contributed by atoms with E-state index in [1.807, 2.05) is 36.5 Å². The number of nitrogen functional groups attached to an aromatic ring is 1. The molecule has 4 aromatic rings. The van der Waals surface area contributed by atoms with Crippen LogP contribution in [-0.4, -0.2) is 9.55 Å². The molecule has 0 bridgehead atoms. The molecule has 0 fully saturated rings. The second kappa shape index (κ2) is 4.63. The van der Waals surface area contributed by atoms with Crippen molar-refractivity contribution in [2.24, 2.45) is 0 Å². The maximum atomic E-state index is 5.92. The molecule has 0 unspecified atom stereocenters. The zero-order chi connectivity index (χ0) is 14.4. The molecule has 5 heteroatoms. The molecule has 0 saturated carbocycles. The van der Waals surface area contributed by atoms with Crippen LogP contribution in [0.25, 0.3) is 22.0 Å². The Bertz CT molecular complexity index is 955. The number of anilines is 1. The number of halogens is 1. The van der Waals surface area contributed by atoms with Gasteiger partial charge in [0.05, 0.1) is 12.2 Å². The van der Waals surface area contributed by atoms with Crippen LogP contribution in [-0.2, 0) is 6.54 Å². The molecule has 104 valence electrons. The molecular formula is C16H12BrN3O. The molecule has 4 nitrogen and oxygen atoms in total. The molecule has 4 rings (SSSR count). The van der Waals surface area contributed by atoms with Crippen molar-refractivity contribution in [3.8, 4) is 0 Å². The summed E-state index contributed by atoms with van der Waals surface area (Å²) in [6.07, 6.45) is 2.04. The Balaban J connectivity index is 1.79. The number of para-hydroxylation sites is 1. The number of oxazole rings is 1. The van der Waals surface area contributed by atoms with Gasteiger partial charge in [-0.2, -0.15) is 0 Å². The molecule has 0 aliphatic heterocycles. The highest BCUT2D eigenvalue weighted by molar-refractivity contribution is 9.10. The molecule has 0 atom stereocenters. The fourth-order valence-electron chi connectivity index (χ4n) is 2.55. The van der Waals surface area contributed by atoms with Crippen molar-refractivity contribution in [3.63, 3.8) is 0 Å². The summed E-state index contributed by atoms with van der Waals surface area (Å²) in [7, 11) is 0. The fourth-order valence-corrected chi connectivity index (χ4v) is 3.04. The number of nitrogens with two attached hydrogens (primary N) is 1. The van der Waals surface area contributed by atoms with Gasteiger partial charge in [0.15, 0.2) is 5.58 Å². The monoisotopic (exact) mass is 341 g/mol. The summed E-state index contributed by atoms with van der Waals surface area (Å²) in [6, 6.07) is 13.8. The van der Waals surface area contributed by atoms with Crippen molar-refractivity contribution in [1.82, 2.24) is 9.55 Å². The lowest BCUT2D eigenvalue weighted by atomic mass is 10.2. The lowest BCUT2D eigenvalue weighted by Gasteiger charge is -2.02. The van der Waals surface area contributed by atoms with Crippen LogP contribution in [0.4, 0.5) is 5.69 Å². The van der Waals surface area contributed by atoms with Crippen LogP contribution >= 0.6 is 15.9 Å². The largest absolute Gasteiger partial charge is 0.439 e. The Morgan fingerprint density at radius 3 is 2.86 bits per heavy atom. The van der Waals surface area contributed by atoms with Gasteiger partial charge in [-0.25, -0.2) is 4.98 Å². The highest BCUT2D eigenvalue weighted by Crippen LogP contribution is 2.26. The Labute approximate surface area is 129 Å². The second-order valence-corrected chi connectivity index (χ2v) is 5.77. The van der Waals surface area contributed by atoms with E-state index >= 15 is 0 Å². The zero-order valence-electron chi connectivity index (χ0n) is 11.1.